The molecule has 0 aliphatic heterocycles. The number of fused-ring (bicyclic) bond motifs is 1. The standard InChI is InChI=1S/C38H47N3O4/c1-3-4-5-12-25-41(40-24-26-43-38-36(42-2)18-13-23-39-38)33-20-21-34-32(27-33)19-22-35(44-28-30-14-8-6-9-15-30)37(34)45-29-31-16-10-7-11-17-31/h6-11,13-19,22-23,33,40H,3-5,12,20-21,24-29H2,1-2H3. The molecule has 3 aromatic carbocycles. The van der Waals surface area contributed by atoms with Gasteiger partial charge in [-0.3, -0.25) is 5.43 Å². The number of aromatic nitrogens is 1. The average Bonchev–Trinajstić information content (AvgIpc) is 3.10. The summed E-state index contributed by atoms with van der Waals surface area (Å²) in [4.78, 5) is 4.32. The van der Waals surface area contributed by atoms with Crippen LogP contribution in [0.2, 0.25) is 0 Å². The molecule has 0 saturated heterocycles. The third-order valence-electron chi connectivity index (χ3n) is 8.27. The summed E-state index contributed by atoms with van der Waals surface area (Å²) >= 11 is 0. The highest BCUT2D eigenvalue weighted by atomic mass is 16.5. The molecule has 5 rings (SSSR count). The van der Waals surface area contributed by atoms with Crippen LogP contribution in [0, 0.1) is 0 Å². The molecule has 7 nitrogen and oxygen atoms in total. The highest BCUT2D eigenvalue weighted by Gasteiger charge is 2.28. The molecule has 0 fully saturated rings. The van der Waals surface area contributed by atoms with Gasteiger partial charge in [-0.15, -0.1) is 0 Å². The smallest absolute Gasteiger partial charge is 0.257 e. The molecule has 238 valence electrons. The van der Waals surface area contributed by atoms with E-state index in [1.807, 2.05) is 36.4 Å². The molecule has 1 aliphatic rings. The van der Waals surface area contributed by atoms with Gasteiger partial charge in [0.1, 0.15) is 19.8 Å². The zero-order valence-electron chi connectivity index (χ0n) is 26.8. The van der Waals surface area contributed by atoms with Crippen molar-refractivity contribution in [3.8, 4) is 23.1 Å². The molecule has 0 spiro atoms. The molecule has 0 radical (unpaired) electrons. The van der Waals surface area contributed by atoms with Gasteiger partial charge >= 0.3 is 0 Å². The van der Waals surface area contributed by atoms with Gasteiger partial charge in [0.2, 0.25) is 0 Å². The van der Waals surface area contributed by atoms with E-state index in [0.29, 0.717) is 44.0 Å². The van der Waals surface area contributed by atoms with Crippen molar-refractivity contribution in [2.75, 3.05) is 26.8 Å². The Morgan fingerprint density at radius 3 is 2.29 bits per heavy atom. The van der Waals surface area contributed by atoms with Gasteiger partial charge in [-0.2, -0.15) is 0 Å². The number of unbranched alkanes of at least 4 members (excludes halogenated alkanes) is 3. The van der Waals surface area contributed by atoms with E-state index in [0.717, 1.165) is 54.9 Å². The lowest BCUT2D eigenvalue weighted by Crippen LogP contribution is -2.49. The lowest BCUT2D eigenvalue weighted by molar-refractivity contribution is 0.0988. The summed E-state index contributed by atoms with van der Waals surface area (Å²) in [6.07, 6.45) is 9.53. The molecule has 45 heavy (non-hydrogen) atoms. The maximum Gasteiger partial charge on any atom is 0.257 e. The van der Waals surface area contributed by atoms with E-state index in [4.69, 9.17) is 18.9 Å². The second kappa shape index (κ2) is 17.4. The van der Waals surface area contributed by atoms with E-state index in [-0.39, 0.29) is 0 Å². The Morgan fingerprint density at radius 2 is 1.56 bits per heavy atom. The molecule has 1 unspecified atom stereocenters. The predicted octanol–water partition coefficient (Wildman–Crippen LogP) is 7.57. The first kappa shape index (κ1) is 32.3. The van der Waals surface area contributed by atoms with Gasteiger partial charge in [0.25, 0.3) is 5.88 Å². The quantitative estimate of drug-likeness (QED) is 0.0922. The molecule has 4 aromatic rings. The van der Waals surface area contributed by atoms with E-state index in [9.17, 15) is 0 Å². The van der Waals surface area contributed by atoms with Crippen LogP contribution in [-0.2, 0) is 26.1 Å². The number of benzene rings is 3. The molecule has 1 atom stereocenters. The second-order valence-electron chi connectivity index (χ2n) is 11.5. The van der Waals surface area contributed by atoms with Crippen LogP contribution in [0.15, 0.2) is 91.1 Å². The number of methoxy groups -OCH3 is 1. The van der Waals surface area contributed by atoms with E-state index < -0.39 is 0 Å². The number of rotatable bonds is 18. The molecule has 1 aliphatic carbocycles. The Labute approximate surface area is 268 Å². The number of nitrogens with one attached hydrogen (secondary N) is 1. The molecule has 0 saturated carbocycles. The van der Waals surface area contributed by atoms with Crippen molar-refractivity contribution in [2.24, 2.45) is 0 Å². The van der Waals surface area contributed by atoms with Crippen molar-refractivity contribution in [1.29, 1.82) is 0 Å². The van der Waals surface area contributed by atoms with Gasteiger partial charge in [-0.05, 0) is 60.6 Å². The van der Waals surface area contributed by atoms with Crippen LogP contribution in [0.25, 0.3) is 0 Å². The van der Waals surface area contributed by atoms with Crippen LogP contribution in [0.1, 0.15) is 61.3 Å². The van der Waals surface area contributed by atoms with Crippen molar-refractivity contribution < 1.29 is 18.9 Å². The fourth-order valence-electron chi connectivity index (χ4n) is 5.86. The van der Waals surface area contributed by atoms with Gasteiger partial charge in [0.15, 0.2) is 17.2 Å². The fraction of sp³-hybridized carbons (Fsp3) is 0.395. The topological polar surface area (TPSA) is 65.1 Å². The van der Waals surface area contributed by atoms with Crippen molar-refractivity contribution in [3.05, 3.63) is 113 Å². The van der Waals surface area contributed by atoms with Gasteiger partial charge in [0.05, 0.1) is 7.11 Å². The van der Waals surface area contributed by atoms with Crippen LogP contribution in [0.3, 0.4) is 0 Å². The fourth-order valence-corrected chi connectivity index (χ4v) is 5.86. The summed E-state index contributed by atoms with van der Waals surface area (Å²) in [5.74, 6) is 2.86. The van der Waals surface area contributed by atoms with E-state index in [2.05, 4.69) is 70.9 Å². The van der Waals surface area contributed by atoms with E-state index in [1.54, 1.807) is 13.3 Å². The molecule has 1 heterocycles. The SMILES string of the molecule is CCCCCCN(NCCOc1ncccc1OC)C1CCc2c(ccc(OCc3ccccc3)c2OCc2ccccc2)C1. The molecular weight excluding hydrogens is 562 g/mol. The normalized spacial score (nSPS) is 14.2. The maximum absolute atomic E-state index is 6.55. The Morgan fingerprint density at radius 1 is 0.800 bits per heavy atom. The summed E-state index contributed by atoms with van der Waals surface area (Å²) in [5, 5.41) is 2.45. The molecule has 0 amide bonds. The molecule has 7 heteroatoms. The summed E-state index contributed by atoms with van der Waals surface area (Å²) in [5.41, 5.74) is 8.58. The Balaban J connectivity index is 1.28. The number of ether oxygens (including phenoxy) is 4. The summed E-state index contributed by atoms with van der Waals surface area (Å²) in [6.45, 7) is 5.46. The minimum Gasteiger partial charge on any atom is -0.491 e. The minimum atomic E-state index is 0.376. The lowest BCUT2D eigenvalue weighted by Gasteiger charge is -2.36. The minimum absolute atomic E-state index is 0.376. The number of hydrogen-bond donors (Lipinski definition) is 1. The van der Waals surface area contributed by atoms with E-state index in [1.165, 1.54) is 30.4 Å². The predicted molar refractivity (Wildman–Crippen MR) is 179 cm³/mol. The highest BCUT2D eigenvalue weighted by molar-refractivity contribution is 5.52. The lowest BCUT2D eigenvalue weighted by atomic mass is 9.87. The van der Waals surface area contributed by atoms with Crippen LogP contribution in [-0.4, -0.2) is 42.8 Å². The number of nitrogens with zero attached hydrogens (tertiary/aromatic N) is 2. The number of hydrazine groups is 1. The first-order valence-corrected chi connectivity index (χ1v) is 16.3. The van der Waals surface area contributed by atoms with Gasteiger partial charge in [0, 0.05) is 30.9 Å². The molecule has 1 N–H and O–H groups in total. The molecule has 0 bridgehead atoms. The zero-order valence-corrected chi connectivity index (χ0v) is 26.8. The second-order valence-corrected chi connectivity index (χ2v) is 11.5. The summed E-state index contributed by atoms with van der Waals surface area (Å²) in [6, 6.07) is 29.1. The number of hydrogen-bond acceptors (Lipinski definition) is 7. The maximum atomic E-state index is 6.55. The van der Waals surface area contributed by atoms with Crippen LogP contribution >= 0.6 is 0 Å². The third-order valence-corrected chi connectivity index (χ3v) is 8.27. The van der Waals surface area contributed by atoms with Crippen molar-refractivity contribution in [1.82, 2.24) is 15.4 Å². The van der Waals surface area contributed by atoms with Crippen molar-refractivity contribution in [2.45, 2.75) is 71.1 Å². The van der Waals surface area contributed by atoms with Gasteiger partial charge in [-0.25, -0.2) is 9.99 Å². The summed E-state index contributed by atoms with van der Waals surface area (Å²) < 4.78 is 24.3. The summed E-state index contributed by atoms with van der Waals surface area (Å²) in [7, 11) is 1.64. The largest absolute Gasteiger partial charge is 0.491 e. The van der Waals surface area contributed by atoms with Gasteiger partial charge < -0.3 is 18.9 Å². The molecule has 1 aromatic heterocycles. The van der Waals surface area contributed by atoms with Crippen LogP contribution < -0.4 is 24.4 Å². The van der Waals surface area contributed by atoms with Crippen LogP contribution in [0.5, 0.6) is 23.1 Å². The van der Waals surface area contributed by atoms with Gasteiger partial charge in [-0.1, -0.05) is 92.9 Å². The monoisotopic (exact) mass is 609 g/mol. The first-order chi connectivity index (χ1) is 22.2. The third kappa shape index (κ3) is 9.46. The Kier molecular flexibility index (Phi) is 12.5. The number of pyridine rings is 1. The first-order valence-electron chi connectivity index (χ1n) is 16.3. The molecular formula is C38H47N3O4. The van der Waals surface area contributed by atoms with Crippen molar-refractivity contribution >= 4 is 0 Å². The average molecular weight is 610 g/mol. The highest BCUT2D eigenvalue weighted by Crippen LogP contribution is 2.39. The Bertz CT molecular complexity index is 1430. The zero-order chi connectivity index (χ0) is 31.1. The Hall–Kier alpha value is -4.07. The van der Waals surface area contributed by atoms with E-state index >= 15 is 0 Å². The van der Waals surface area contributed by atoms with Crippen LogP contribution in [0.4, 0.5) is 0 Å². The van der Waals surface area contributed by atoms with Crippen molar-refractivity contribution in [3.63, 3.8) is 0 Å².